The lowest BCUT2D eigenvalue weighted by atomic mass is 10.0. The molecule has 4 heterocycles. The van der Waals surface area contributed by atoms with Gasteiger partial charge in [-0.3, -0.25) is 14.8 Å². The number of aromatic amines is 1. The average molecular weight is 358 g/mol. The number of nitrogens with two attached hydrogens (primary N) is 1. The van der Waals surface area contributed by atoms with Gasteiger partial charge in [0.15, 0.2) is 0 Å². The fraction of sp³-hybridized carbons (Fsp3) is 0.100. The molecule has 7 nitrogen and oxygen atoms in total. The first kappa shape index (κ1) is 16.7. The van der Waals surface area contributed by atoms with Gasteiger partial charge in [-0.05, 0) is 43.3 Å². The number of pyridine rings is 3. The number of anilines is 1. The summed E-state index contributed by atoms with van der Waals surface area (Å²) in [5.74, 6) is 0.144. The van der Waals surface area contributed by atoms with Crippen LogP contribution in [-0.2, 0) is 6.54 Å². The average Bonchev–Trinajstić information content (AvgIpc) is 3.15. The first-order valence-corrected chi connectivity index (χ1v) is 8.51. The Bertz CT molecular complexity index is 1120. The molecular formula is C20H18N6O. The predicted octanol–water partition coefficient (Wildman–Crippen LogP) is 3.04. The summed E-state index contributed by atoms with van der Waals surface area (Å²) >= 11 is 0. The Morgan fingerprint density at radius 3 is 2.85 bits per heavy atom. The van der Waals surface area contributed by atoms with Crippen molar-refractivity contribution in [2.75, 3.05) is 5.32 Å². The monoisotopic (exact) mass is 358 g/mol. The van der Waals surface area contributed by atoms with Crippen molar-refractivity contribution in [1.82, 2.24) is 19.9 Å². The molecule has 27 heavy (non-hydrogen) atoms. The van der Waals surface area contributed by atoms with Gasteiger partial charge in [-0.25, -0.2) is 4.98 Å². The van der Waals surface area contributed by atoms with Crippen molar-refractivity contribution < 1.29 is 4.79 Å². The molecule has 4 N–H and O–H groups in total. The number of fused-ring (bicyclic) bond motifs is 1. The number of carbonyl (C=O) groups is 1. The Labute approximate surface area is 155 Å². The van der Waals surface area contributed by atoms with E-state index in [-0.39, 0.29) is 0 Å². The van der Waals surface area contributed by atoms with Crippen LogP contribution in [0.5, 0.6) is 0 Å². The van der Waals surface area contributed by atoms with Crippen molar-refractivity contribution in [2.45, 2.75) is 13.5 Å². The molecule has 134 valence electrons. The third-order valence-corrected chi connectivity index (χ3v) is 4.26. The summed E-state index contributed by atoms with van der Waals surface area (Å²) in [5, 5.41) is 4.15. The predicted molar refractivity (Wildman–Crippen MR) is 104 cm³/mol. The number of aromatic nitrogens is 4. The lowest BCUT2D eigenvalue weighted by Gasteiger charge is -2.11. The minimum Gasteiger partial charge on any atom is -0.366 e. The molecule has 0 fully saturated rings. The molecular weight excluding hydrogens is 340 g/mol. The molecule has 4 rings (SSSR count). The molecule has 0 aliphatic carbocycles. The van der Waals surface area contributed by atoms with Crippen LogP contribution in [0.3, 0.4) is 0 Å². The van der Waals surface area contributed by atoms with Crippen LogP contribution in [0.2, 0.25) is 0 Å². The van der Waals surface area contributed by atoms with Gasteiger partial charge < -0.3 is 16.0 Å². The Kier molecular flexibility index (Phi) is 4.25. The third-order valence-electron chi connectivity index (χ3n) is 4.26. The molecule has 0 spiro atoms. The topological polar surface area (TPSA) is 110 Å². The van der Waals surface area contributed by atoms with E-state index in [9.17, 15) is 4.79 Å². The van der Waals surface area contributed by atoms with E-state index in [0.717, 1.165) is 22.3 Å². The molecule has 0 atom stereocenters. The zero-order valence-electron chi connectivity index (χ0n) is 14.7. The van der Waals surface area contributed by atoms with E-state index in [4.69, 9.17) is 5.73 Å². The second-order valence-corrected chi connectivity index (χ2v) is 6.18. The standard InChI is InChI=1S/C20H18N6O/c1-12-5-6-15(19(21)27)18(25-12)16-10-17(26-20-14(16)7-9-23-20)24-11-13-4-2-3-8-22-13/h2-10H,11H2,1H3,(H2,21,27)(H2,23,24,26). The summed E-state index contributed by atoms with van der Waals surface area (Å²) in [4.78, 5) is 28.5. The highest BCUT2D eigenvalue weighted by molar-refractivity contribution is 6.03. The normalized spacial score (nSPS) is 10.9. The zero-order chi connectivity index (χ0) is 18.8. The van der Waals surface area contributed by atoms with E-state index in [2.05, 4.69) is 25.3 Å². The number of aryl methyl sites for hydroxylation is 1. The van der Waals surface area contributed by atoms with Gasteiger partial charge in [-0.2, -0.15) is 0 Å². The van der Waals surface area contributed by atoms with E-state index < -0.39 is 5.91 Å². The fourth-order valence-electron chi connectivity index (χ4n) is 2.97. The van der Waals surface area contributed by atoms with Crippen molar-refractivity contribution >= 4 is 22.8 Å². The molecule has 4 aromatic heterocycles. The maximum atomic E-state index is 11.9. The molecule has 7 heteroatoms. The number of nitrogens with one attached hydrogen (secondary N) is 2. The van der Waals surface area contributed by atoms with Crippen molar-refractivity contribution in [1.29, 1.82) is 0 Å². The molecule has 0 aromatic carbocycles. The van der Waals surface area contributed by atoms with Crippen LogP contribution in [0.1, 0.15) is 21.7 Å². The molecule has 0 aliphatic heterocycles. The van der Waals surface area contributed by atoms with E-state index in [0.29, 0.717) is 29.3 Å². The quantitative estimate of drug-likeness (QED) is 0.508. The largest absolute Gasteiger partial charge is 0.366 e. The lowest BCUT2D eigenvalue weighted by Crippen LogP contribution is -2.13. The van der Waals surface area contributed by atoms with Gasteiger partial charge >= 0.3 is 0 Å². The number of H-pyrrole nitrogens is 1. The van der Waals surface area contributed by atoms with Crippen LogP contribution in [-0.4, -0.2) is 25.8 Å². The molecule has 0 aliphatic rings. The Balaban J connectivity index is 1.80. The molecule has 0 unspecified atom stereocenters. The third kappa shape index (κ3) is 3.35. The van der Waals surface area contributed by atoms with Gasteiger partial charge in [-0.1, -0.05) is 6.07 Å². The molecule has 0 bridgehead atoms. The number of rotatable bonds is 5. The first-order valence-electron chi connectivity index (χ1n) is 8.51. The van der Waals surface area contributed by atoms with E-state index in [1.165, 1.54) is 0 Å². The summed E-state index contributed by atoms with van der Waals surface area (Å²) in [6.45, 7) is 2.41. The highest BCUT2D eigenvalue weighted by atomic mass is 16.1. The van der Waals surface area contributed by atoms with E-state index >= 15 is 0 Å². The summed E-state index contributed by atoms with van der Waals surface area (Å²) in [6, 6.07) is 13.0. The van der Waals surface area contributed by atoms with Crippen LogP contribution in [0.15, 0.2) is 54.9 Å². The lowest BCUT2D eigenvalue weighted by molar-refractivity contribution is 0.100. The van der Waals surface area contributed by atoms with Crippen molar-refractivity contribution in [3.63, 3.8) is 0 Å². The Hall–Kier alpha value is -3.74. The zero-order valence-corrected chi connectivity index (χ0v) is 14.7. The minimum atomic E-state index is -0.513. The van der Waals surface area contributed by atoms with Crippen LogP contribution in [0.25, 0.3) is 22.3 Å². The van der Waals surface area contributed by atoms with Gasteiger partial charge in [0.05, 0.1) is 23.5 Å². The maximum absolute atomic E-state index is 11.9. The molecule has 0 saturated carbocycles. The SMILES string of the molecule is Cc1ccc(C(N)=O)c(-c2cc(NCc3ccccn3)nc3[nH]ccc23)n1. The van der Waals surface area contributed by atoms with Crippen molar-refractivity contribution in [3.05, 3.63) is 71.8 Å². The van der Waals surface area contributed by atoms with Gasteiger partial charge in [0.25, 0.3) is 5.91 Å². The molecule has 0 radical (unpaired) electrons. The summed E-state index contributed by atoms with van der Waals surface area (Å²) in [7, 11) is 0. The number of carbonyl (C=O) groups excluding carboxylic acids is 1. The van der Waals surface area contributed by atoms with E-state index in [1.54, 1.807) is 18.3 Å². The highest BCUT2D eigenvalue weighted by Gasteiger charge is 2.17. The van der Waals surface area contributed by atoms with Crippen LogP contribution in [0.4, 0.5) is 5.82 Å². The highest BCUT2D eigenvalue weighted by Crippen LogP contribution is 2.31. The van der Waals surface area contributed by atoms with E-state index in [1.807, 2.05) is 43.5 Å². The fourth-order valence-corrected chi connectivity index (χ4v) is 2.97. The first-order chi connectivity index (χ1) is 13.1. The minimum absolute atomic E-state index is 0.380. The number of hydrogen-bond donors (Lipinski definition) is 3. The molecule has 0 saturated heterocycles. The number of primary amides is 1. The Morgan fingerprint density at radius 1 is 1.19 bits per heavy atom. The van der Waals surface area contributed by atoms with Crippen molar-refractivity contribution in [2.24, 2.45) is 5.73 Å². The molecule has 1 amide bonds. The summed E-state index contributed by atoms with van der Waals surface area (Å²) in [5.41, 5.74) is 9.70. The van der Waals surface area contributed by atoms with Crippen LogP contribution in [0, 0.1) is 6.92 Å². The second kappa shape index (κ2) is 6.87. The summed E-state index contributed by atoms with van der Waals surface area (Å²) in [6.07, 6.45) is 3.56. The molecule has 4 aromatic rings. The van der Waals surface area contributed by atoms with Crippen LogP contribution < -0.4 is 11.1 Å². The maximum Gasteiger partial charge on any atom is 0.250 e. The van der Waals surface area contributed by atoms with Gasteiger partial charge in [0, 0.05) is 29.0 Å². The van der Waals surface area contributed by atoms with Gasteiger partial charge in [-0.15, -0.1) is 0 Å². The summed E-state index contributed by atoms with van der Waals surface area (Å²) < 4.78 is 0. The number of nitrogens with zero attached hydrogens (tertiary/aromatic N) is 3. The van der Waals surface area contributed by atoms with Crippen LogP contribution >= 0.6 is 0 Å². The van der Waals surface area contributed by atoms with Gasteiger partial charge in [0.1, 0.15) is 11.5 Å². The van der Waals surface area contributed by atoms with Gasteiger partial charge in [0.2, 0.25) is 0 Å². The van der Waals surface area contributed by atoms with Crippen molar-refractivity contribution in [3.8, 4) is 11.3 Å². The Morgan fingerprint density at radius 2 is 2.07 bits per heavy atom. The number of amides is 1. The second-order valence-electron chi connectivity index (χ2n) is 6.18. The smallest absolute Gasteiger partial charge is 0.250 e. The number of hydrogen-bond acceptors (Lipinski definition) is 5.